The molecule has 230 valence electrons. The Morgan fingerprint density at radius 3 is 2.46 bits per heavy atom. The number of ether oxygens (including phenoxy) is 4. The van der Waals surface area contributed by atoms with Crippen LogP contribution in [-0.2, 0) is 9.53 Å². The molecule has 46 heavy (non-hydrogen) atoms. The summed E-state index contributed by atoms with van der Waals surface area (Å²) in [6.45, 7) is 1.96. The Balaban J connectivity index is 1.68. The summed E-state index contributed by atoms with van der Waals surface area (Å²) in [5, 5.41) is 1.88. The molecule has 0 saturated heterocycles. The number of carbonyl (C=O) groups is 1. The summed E-state index contributed by atoms with van der Waals surface area (Å²) < 4.78 is 24.5. The zero-order valence-electron chi connectivity index (χ0n) is 25.5. The minimum atomic E-state index is -0.878. The lowest BCUT2D eigenvalue weighted by atomic mass is 9.93. The SMILES string of the molecule is C#CCOc1ccc2ccccc2c1/C=c1\sc2n(c1=O)[C@H](c1ccc(OC)c(OC)c1)C(C(=O)OCC)=C(c1ccccc1)N=2. The molecule has 9 heteroatoms. The van der Waals surface area contributed by atoms with E-state index in [1.807, 2.05) is 72.8 Å². The van der Waals surface area contributed by atoms with E-state index < -0.39 is 12.0 Å². The molecule has 4 aromatic carbocycles. The van der Waals surface area contributed by atoms with E-state index >= 15 is 0 Å². The number of rotatable bonds is 9. The molecular weight excluding hydrogens is 600 g/mol. The zero-order chi connectivity index (χ0) is 32.2. The normalized spacial score (nSPS) is 14.3. The second-order valence-electron chi connectivity index (χ2n) is 10.2. The molecular formula is C37H30N2O6S. The van der Waals surface area contributed by atoms with Gasteiger partial charge in [-0.3, -0.25) is 9.36 Å². The van der Waals surface area contributed by atoms with Crippen LogP contribution in [0.15, 0.2) is 100 Å². The molecule has 1 aliphatic rings. The zero-order valence-corrected chi connectivity index (χ0v) is 26.3. The van der Waals surface area contributed by atoms with Crippen molar-refractivity contribution in [1.29, 1.82) is 0 Å². The van der Waals surface area contributed by atoms with Crippen molar-refractivity contribution in [2.24, 2.45) is 4.99 Å². The first-order valence-corrected chi connectivity index (χ1v) is 15.4. The lowest BCUT2D eigenvalue weighted by Crippen LogP contribution is -2.40. The molecule has 0 unspecified atom stereocenters. The number of fused-ring (bicyclic) bond motifs is 2. The van der Waals surface area contributed by atoms with E-state index in [2.05, 4.69) is 5.92 Å². The fraction of sp³-hybridized carbons (Fsp3) is 0.162. The summed E-state index contributed by atoms with van der Waals surface area (Å²) in [7, 11) is 3.08. The van der Waals surface area contributed by atoms with E-state index in [0.29, 0.717) is 49.0 Å². The Kier molecular flexibility index (Phi) is 8.72. The second-order valence-corrected chi connectivity index (χ2v) is 11.2. The molecule has 8 nitrogen and oxygen atoms in total. The van der Waals surface area contributed by atoms with Crippen LogP contribution in [0, 0.1) is 12.3 Å². The summed E-state index contributed by atoms with van der Waals surface area (Å²) in [6.07, 6.45) is 7.31. The molecule has 0 bridgehead atoms. The summed E-state index contributed by atoms with van der Waals surface area (Å²) in [4.78, 5) is 33.7. The second kappa shape index (κ2) is 13.2. The largest absolute Gasteiger partial charge is 0.493 e. The fourth-order valence-electron chi connectivity index (χ4n) is 5.58. The number of benzene rings is 4. The van der Waals surface area contributed by atoms with Gasteiger partial charge in [0.1, 0.15) is 12.4 Å². The van der Waals surface area contributed by atoms with Gasteiger partial charge in [0.05, 0.1) is 42.7 Å². The van der Waals surface area contributed by atoms with Crippen molar-refractivity contribution in [3.8, 4) is 29.6 Å². The summed E-state index contributed by atoms with van der Waals surface area (Å²) in [5.41, 5.74) is 2.40. The molecule has 0 radical (unpaired) electrons. The Labute approximate surface area is 269 Å². The van der Waals surface area contributed by atoms with Crippen LogP contribution in [0.25, 0.3) is 22.5 Å². The summed E-state index contributed by atoms with van der Waals surface area (Å²) in [5.74, 6) is 3.46. The van der Waals surface area contributed by atoms with Crippen molar-refractivity contribution in [1.82, 2.24) is 4.57 Å². The van der Waals surface area contributed by atoms with E-state index in [4.69, 9.17) is 30.4 Å². The van der Waals surface area contributed by atoms with Crippen molar-refractivity contribution >= 4 is 39.9 Å². The predicted octanol–water partition coefficient (Wildman–Crippen LogP) is 5.12. The summed E-state index contributed by atoms with van der Waals surface area (Å²) in [6, 6.07) is 25.5. The minimum Gasteiger partial charge on any atom is -0.493 e. The number of thiazole rings is 1. The number of esters is 1. The molecule has 0 amide bonds. The number of carbonyl (C=O) groups excluding carboxylic acids is 1. The third kappa shape index (κ3) is 5.55. The Bertz CT molecular complexity index is 2210. The topological polar surface area (TPSA) is 88.3 Å². The van der Waals surface area contributed by atoms with Gasteiger partial charge in [0.2, 0.25) is 0 Å². The lowest BCUT2D eigenvalue weighted by molar-refractivity contribution is -0.138. The number of hydrogen-bond donors (Lipinski definition) is 0. The molecule has 1 atom stereocenters. The third-order valence-corrected chi connectivity index (χ3v) is 8.60. The standard InChI is InChI=1S/C37H30N2O6S/c1-5-20-45-28-18-16-23-12-10-11-15-26(23)27(28)22-31-35(40)39-34(25-17-19-29(42-3)30(21-25)43-4)32(36(41)44-6-2)33(38-37(39)46-31)24-13-8-7-9-14-24/h1,7-19,21-22,34H,6,20H2,2-4H3/b31-22-/t34-/m1/s1. The molecule has 0 saturated carbocycles. The van der Waals surface area contributed by atoms with E-state index in [0.717, 1.165) is 10.8 Å². The van der Waals surface area contributed by atoms with Crippen molar-refractivity contribution in [3.63, 3.8) is 0 Å². The summed E-state index contributed by atoms with van der Waals surface area (Å²) >= 11 is 1.23. The number of hydrogen-bond acceptors (Lipinski definition) is 8. The maximum Gasteiger partial charge on any atom is 0.338 e. The molecule has 0 fully saturated rings. The van der Waals surface area contributed by atoms with Crippen LogP contribution >= 0.6 is 11.3 Å². The molecule has 6 rings (SSSR count). The molecule has 5 aromatic rings. The molecule has 2 heterocycles. The van der Waals surface area contributed by atoms with Crippen molar-refractivity contribution in [3.05, 3.63) is 127 Å². The molecule has 0 spiro atoms. The van der Waals surface area contributed by atoms with Gasteiger partial charge in [0, 0.05) is 11.1 Å². The number of methoxy groups -OCH3 is 2. The van der Waals surface area contributed by atoms with Gasteiger partial charge in [-0.2, -0.15) is 0 Å². The molecule has 1 aromatic heterocycles. The molecule has 0 aliphatic carbocycles. The number of nitrogens with zero attached hydrogens (tertiary/aromatic N) is 2. The van der Waals surface area contributed by atoms with Gasteiger partial charge >= 0.3 is 5.97 Å². The first kappa shape index (κ1) is 30.4. The fourth-order valence-corrected chi connectivity index (χ4v) is 6.56. The number of terminal acetylenes is 1. The Morgan fingerprint density at radius 1 is 0.978 bits per heavy atom. The average molecular weight is 631 g/mol. The first-order chi connectivity index (χ1) is 22.5. The van der Waals surface area contributed by atoms with Gasteiger partial charge in [0.15, 0.2) is 16.3 Å². The third-order valence-electron chi connectivity index (χ3n) is 7.61. The van der Waals surface area contributed by atoms with Crippen LogP contribution in [0.5, 0.6) is 17.2 Å². The van der Waals surface area contributed by atoms with Gasteiger partial charge in [-0.15, -0.1) is 6.42 Å². The van der Waals surface area contributed by atoms with Crippen LogP contribution in [0.3, 0.4) is 0 Å². The van der Waals surface area contributed by atoms with Gasteiger partial charge in [-0.25, -0.2) is 9.79 Å². The van der Waals surface area contributed by atoms with Gasteiger partial charge in [0.25, 0.3) is 5.56 Å². The van der Waals surface area contributed by atoms with E-state index in [1.165, 1.54) is 18.4 Å². The van der Waals surface area contributed by atoms with E-state index in [-0.39, 0.29) is 24.3 Å². The quantitative estimate of drug-likeness (QED) is 0.166. The van der Waals surface area contributed by atoms with E-state index in [9.17, 15) is 9.59 Å². The molecule has 0 N–H and O–H groups in total. The molecule has 1 aliphatic heterocycles. The minimum absolute atomic E-state index is 0.0725. The highest BCUT2D eigenvalue weighted by atomic mass is 32.1. The smallest absolute Gasteiger partial charge is 0.338 e. The van der Waals surface area contributed by atoms with Crippen molar-refractivity contribution < 1.29 is 23.7 Å². The maximum atomic E-state index is 14.5. The number of aromatic nitrogens is 1. The first-order valence-electron chi connectivity index (χ1n) is 14.6. The van der Waals surface area contributed by atoms with E-state index in [1.54, 1.807) is 36.8 Å². The van der Waals surface area contributed by atoms with Gasteiger partial charge < -0.3 is 18.9 Å². The highest BCUT2D eigenvalue weighted by Gasteiger charge is 2.35. The highest BCUT2D eigenvalue weighted by Crippen LogP contribution is 2.38. The predicted molar refractivity (Wildman–Crippen MR) is 179 cm³/mol. The van der Waals surface area contributed by atoms with Crippen LogP contribution in [-0.4, -0.2) is 38.0 Å². The van der Waals surface area contributed by atoms with Crippen molar-refractivity contribution in [2.45, 2.75) is 13.0 Å². The highest BCUT2D eigenvalue weighted by molar-refractivity contribution is 7.07. The average Bonchev–Trinajstić information content (AvgIpc) is 3.41. The van der Waals surface area contributed by atoms with Gasteiger partial charge in [-0.05, 0) is 47.5 Å². The van der Waals surface area contributed by atoms with Crippen LogP contribution in [0.1, 0.15) is 29.7 Å². The van der Waals surface area contributed by atoms with Crippen LogP contribution in [0.2, 0.25) is 0 Å². The lowest BCUT2D eigenvalue weighted by Gasteiger charge is -2.26. The maximum absolute atomic E-state index is 14.5. The monoisotopic (exact) mass is 630 g/mol. The van der Waals surface area contributed by atoms with Crippen LogP contribution < -0.4 is 29.1 Å². The van der Waals surface area contributed by atoms with Crippen LogP contribution in [0.4, 0.5) is 0 Å². The van der Waals surface area contributed by atoms with Crippen molar-refractivity contribution in [2.75, 3.05) is 27.4 Å². The Hall–Kier alpha value is -5.59. The van der Waals surface area contributed by atoms with Gasteiger partial charge in [-0.1, -0.05) is 84.0 Å². The Morgan fingerprint density at radius 2 is 1.72 bits per heavy atom.